The van der Waals surface area contributed by atoms with Gasteiger partial charge in [0.05, 0.1) is 9.82 Å². The van der Waals surface area contributed by atoms with Crippen LogP contribution in [0.25, 0.3) is 0 Å². The number of phenols is 1. The Morgan fingerprint density at radius 3 is 2.17 bits per heavy atom. The van der Waals surface area contributed by atoms with E-state index in [0.717, 1.165) is 0 Å². The molecule has 0 heterocycles. The molecule has 0 unspecified atom stereocenters. The van der Waals surface area contributed by atoms with Crippen LogP contribution in [0.2, 0.25) is 0 Å². The lowest BCUT2D eigenvalue weighted by Crippen LogP contribution is -2.14. The molecule has 0 bridgehead atoms. The molecule has 0 saturated carbocycles. The quantitative estimate of drug-likeness (QED) is 0.361. The summed E-state index contributed by atoms with van der Waals surface area (Å²) in [4.78, 5) is 22.5. The summed E-state index contributed by atoms with van der Waals surface area (Å²) < 4.78 is 26.0. The summed E-state index contributed by atoms with van der Waals surface area (Å²) >= 11 is 0. The second-order valence-electron chi connectivity index (χ2n) is 6.60. The number of rotatable bonds is 5. The number of hydrogen-bond donors (Lipinski definition) is 2. The number of benzene rings is 3. The van der Waals surface area contributed by atoms with Crippen molar-refractivity contribution in [2.75, 3.05) is 5.32 Å². The third kappa shape index (κ3) is 3.87. The van der Waals surface area contributed by atoms with Crippen LogP contribution in [-0.2, 0) is 9.84 Å². The van der Waals surface area contributed by atoms with Gasteiger partial charge in [0, 0.05) is 23.4 Å². The molecule has 0 aromatic heterocycles. The largest absolute Gasteiger partial charge is 0.506 e. The highest BCUT2D eigenvalue weighted by atomic mass is 32.2. The van der Waals surface area contributed by atoms with E-state index in [1.807, 2.05) is 0 Å². The molecular formula is C21H18N2O6S. The monoisotopic (exact) mass is 426 g/mol. The molecule has 30 heavy (non-hydrogen) atoms. The van der Waals surface area contributed by atoms with Gasteiger partial charge in [0.15, 0.2) is 0 Å². The summed E-state index contributed by atoms with van der Waals surface area (Å²) in [5.74, 6) is -0.953. The fraction of sp³-hybridized carbons (Fsp3) is 0.0952. The Bertz CT molecular complexity index is 1240. The molecule has 2 N–H and O–H groups in total. The summed E-state index contributed by atoms with van der Waals surface area (Å²) in [6.07, 6.45) is 0. The molecule has 0 aliphatic carbocycles. The molecule has 0 aliphatic rings. The van der Waals surface area contributed by atoms with E-state index in [2.05, 4.69) is 5.32 Å². The lowest BCUT2D eigenvalue weighted by molar-refractivity contribution is -0.384. The van der Waals surface area contributed by atoms with Gasteiger partial charge < -0.3 is 10.4 Å². The third-order valence-electron chi connectivity index (χ3n) is 4.76. The number of sulfone groups is 1. The van der Waals surface area contributed by atoms with E-state index in [0.29, 0.717) is 11.1 Å². The van der Waals surface area contributed by atoms with Crippen LogP contribution in [-0.4, -0.2) is 24.4 Å². The minimum atomic E-state index is -4.02. The zero-order chi connectivity index (χ0) is 22.1. The van der Waals surface area contributed by atoms with Gasteiger partial charge in [-0.05, 0) is 55.3 Å². The Hall–Kier alpha value is -3.72. The molecule has 0 spiro atoms. The molecular weight excluding hydrogens is 408 g/mol. The highest BCUT2D eigenvalue weighted by Gasteiger charge is 2.25. The van der Waals surface area contributed by atoms with Gasteiger partial charge in [-0.2, -0.15) is 0 Å². The molecule has 8 nitrogen and oxygen atoms in total. The summed E-state index contributed by atoms with van der Waals surface area (Å²) in [5.41, 5.74) is 1.03. The van der Waals surface area contributed by atoms with E-state index in [1.165, 1.54) is 42.5 Å². The first-order chi connectivity index (χ1) is 14.1. The van der Waals surface area contributed by atoms with E-state index in [-0.39, 0.29) is 32.5 Å². The van der Waals surface area contributed by atoms with Gasteiger partial charge in [-0.3, -0.25) is 14.9 Å². The Morgan fingerprint density at radius 1 is 1.00 bits per heavy atom. The first-order valence-corrected chi connectivity index (χ1v) is 10.3. The second kappa shape index (κ2) is 7.96. The van der Waals surface area contributed by atoms with Gasteiger partial charge in [0.1, 0.15) is 10.6 Å². The van der Waals surface area contributed by atoms with E-state index < -0.39 is 20.7 Å². The van der Waals surface area contributed by atoms with Crippen molar-refractivity contribution in [1.29, 1.82) is 0 Å². The molecule has 3 aromatic rings. The van der Waals surface area contributed by atoms with Crippen molar-refractivity contribution < 1.29 is 23.2 Å². The Labute approximate surface area is 172 Å². The van der Waals surface area contributed by atoms with Crippen LogP contribution in [0.5, 0.6) is 5.75 Å². The molecule has 154 valence electrons. The van der Waals surface area contributed by atoms with E-state index in [4.69, 9.17) is 0 Å². The number of nitrogens with one attached hydrogen (secondary N) is 1. The number of phenolic OH excluding ortho intramolecular Hbond substituents is 1. The number of amides is 1. The number of carbonyl (C=O) groups excluding carboxylic acids is 1. The number of nitro benzene ring substituents is 1. The van der Waals surface area contributed by atoms with Gasteiger partial charge in [-0.25, -0.2) is 8.42 Å². The third-order valence-corrected chi connectivity index (χ3v) is 6.55. The van der Waals surface area contributed by atoms with Crippen LogP contribution in [0.1, 0.15) is 21.5 Å². The molecule has 9 heteroatoms. The van der Waals surface area contributed by atoms with E-state index >= 15 is 0 Å². The van der Waals surface area contributed by atoms with E-state index in [1.54, 1.807) is 32.0 Å². The zero-order valence-corrected chi connectivity index (χ0v) is 16.9. The molecule has 3 rings (SSSR count). The van der Waals surface area contributed by atoms with Crippen molar-refractivity contribution in [1.82, 2.24) is 0 Å². The van der Waals surface area contributed by atoms with Crippen LogP contribution < -0.4 is 5.32 Å². The number of hydrogen-bond acceptors (Lipinski definition) is 6. The van der Waals surface area contributed by atoms with Crippen molar-refractivity contribution in [2.24, 2.45) is 0 Å². The van der Waals surface area contributed by atoms with Crippen LogP contribution in [0, 0.1) is 24.0 Å². The van der Waals surface area contributed by atoms with Gasteiger partial charge in [-0.15, -0.1) is 0 Å². The molecule has 0 atom stereocenters. The summed E-state index contributed by atoms with van der Waals surface area (Å²) in [6.45, 7) is 3.19. The zero-order valence-electron chi connectivity index (χ0n) is 16.1. The van der Waals surface area contributed by atoms with Gasteiger partial charge in [0.25, 0.3) is 11.6 Å². The number of anilines is 1. The lowest BCUT2D eigenvalue weighted by atomic mass is 10.1. The highest BCUT2D eigenvalue weighted by Crippen LogP contribution is 2.37. The van der Waals surface area contributed by atoms with Crippen LogP contribution >= 0.6 is 0 Å². The fourth-order valence-electron chi connectivity index (χ4n) is 2.86. The summed E-state index contributed by atoms with van der Waals surface area (Å²) in [5, 5.41) is 23.9. The van der Waals surface area contributed by atoms with Gasteiger partial charge in [0.2, 0.25) is 9.84 Å². The number of nitrogens with zero attached hydrogens (tertiary/aromatic N) is 1. The summed E-state index contributed by atoms with van der Waals surface area (Å²) in [6, 6.07) is 13.9. The maximum atomic E-state index is 13.0. The van der Waals surface area contributed by atoms with Crippen molar-refractivity contribution in [3.63, 3.8) is 0 Å². The summed E-state index contributed by atoms with van der Waals surface area (Å²) in [7, 11) is -4.02. The highest BCUT2D eigenvalue weighted by molar-refractivity contribution is 7.91. The first kappa shape index (κ1) is 21.0. The minimum Gasteiger partial charge on any atom is -0.506 e. The standard InChI is InChI=1S/C21H18N2O6S/c1-13-14(2)20(24)19(30(28,29)17-6-4-3-5-7-17)12-18(13)22-21(25)15-8-10-16(11-9-15)23(26)27/h3-12,24H,1-2H3,(H,22,25). The number of aromatic hydroxyl groups is 1. The molecule has 0 saturated heterocycles. The topological polar surface area (TPSA) is 127 Å². The number of nitro groups is 1. The number of carbonyl (C=O) groups is 1. The maximum absolute atomic E-state index is 13.0. The Kier molecular flexibility index (Phi) is 5.57. The Morgan fingerprint density at radius 2 is 1.60 bits per heavy atom. The van der Waals surface area contributed by atoms with Crippen molar-refractivity contribution in [2.45, 2.75) is 23.6 Å². The minimum absolute atomic E-state index is 0.0104. The van der Waals surface area contributed by atoms with Crippen LogP contribution in [0.15, 0.2) is 70.5 Å². The van der Waals surface area contributed by atoms with E-state index in [9.17, 15) is 28.4 Å². The maximum Gasteiger partial charge on any atom is 0.269 e. The smallest absolute Gasteiger partial charge is 0.269 e. The first-order valence-electron chi connectivity index (χ1n) is 8.82. The second-order valence-corrected chi connectivity index (χ2v) is 8.51. The van der Waals surface area contributed by atoms with Crippen molar-refractivity contribution in [3.05, 3.63) is 87.5 Å². The molecule has 0 radical (unpaired) electrons. The molecule has 1 amide bonds. The molecule has 0 aliphatic heterocycles. The van der Waals surface area contributed by atoms with Gasteiger partial charge >= 0.3 is 0 Å². The normalized spacial score (nSPS) is 11.1. The fourth-order valence-corrected chi connectivity index (χ4v) is 4.31. The average Bonchev–Trinajstić information content (AvgIpc) is 2.74. The predicted octanol–water partition coefficient (Wildman–Crippen LogP) is 4.00. The molecule has 3 aromatic carbocycles. The SMILES string of the molecule is Cc1c(NC(=O)c2ccc([N+](=O)[O-])cc2)cc(S(=O)(=O)c2ccccc2)c(O)c1C. The Balaban J connectivity index is 2.02. The predicted molar refractivity (Wildman–Crippen MR) is 111 cm³/mol. The molecule has 0 fully saturated rings. The van der Waals surface area contributed by atoms with Gasteiger partial charge in [-0.1, -0.05) is 18.2 Å². The average molecular weight is 426 g/mol. The lowest BCUT2D eigenvalue weighted by Gasteiger charge is -2.16. The van der Waals surface area contributed by atoms with Crippen molar-refractivity contribution >= 4 is 27.1 Å². The van der Waals surface area contributed by atoms with Crippen LogP contribution in [0.4, 0.5) is 11.4 Å². The van der Waals surface area contributed by atoms with Crippen LogP contribution in [0.3, 0.4) is 0 Å². The van der Waals surface area contributed by atoms with Crippen molar-refractivity contribution in [3.8, 4) is 5.75 Å². The number of non-ortho nitro benzene ring substituents is 1.